The zero-order chi connectivity index (χ0) is 13.1. The monoisotopic (exact) mass is 247 g/mol. The fourth-order valence-electron chi connectivity index (χ4n) is 1.35. The number of rotatable bonds is 2. The smallest absolute Gasteiger partial charge is 0.316 e. The third-order valence-electron chi connectivity index (χ3n) is 2.52. The molecular formula is C12H13N3O3. The van der Waals surface area contributed by atoms with Crippen LogP contribution in [0.5, 0.6) is 0 Å². The van der Waals surface area contributed by atoms with Gasteiger partial charge in [0.2, 0.25) is 0 Å². The molecule has 1 aliphatic carbocycles. The van der Waals surface area contributed by atoms with Crippen molar-refractivity contribution < 1.29 is 14.4 Å². The molecular weight excluding hydrogens is 234 g/mol. The summed E-state index contributed by atoms with van der Waals surface area (Å²) in [6, 6.07) is 6.13. The van der Waals surface area contributed by atoms with E-state index in [-0.39, 0.29) is 11.6 Å². The first kappa shape index (κ1) is 12.1. The summed E-state index contributed by atoms with van der Waals surface area (Å²) < 4.78 is 0. The van der Waals surface area contributed by atoms with Crippen LogP contribution in [0.3, 0.4) is 0 Å². The van der Waals surface area contributed by atoms with E-state index in [1.54, 1.807) is 12.1 Å². The zero-order valence-corrected chi connectivity index (χ0v) is 9.60. The summed E-state index contributed by atoms with van der Waals surface area (Å²) in [5.41, 5.74) is 6.27. The van der Waals surface area contributed by atoms with Crippen molar-refractivity contribution in [1.82, 2.24) is 10.6 Å². The quantitative estimate of drug-likeness (QED) is 0.497. The van der Waals surface area contributed by atoms with Crippen LogP contribution in [0.2, 0.25) is 0 Å². The molecule has 0 unspecified atom stereocenters. The van der Waals surface area contributed by atoms with Crippen molar-refractivity contribution in [3.8, 4) is 0 Å². The predicted molar refractivity (Wildman–Crippen MR) is 64.5 cm³/mol. The molecule has 0 radical (unpaired) electrons. The van der Waals surface area contributed by atoms with Gasteiger partial charge in [-0.3, -0.25) is 19.7 Å². The van der Waals surface area contributed by atoms with E-state index in [1.807, 2.05) is 5.32 Å². The highest BCUT2D eigenvalue weighted by Crippen LogP contribution is 2.18. The van der Waals surface area contributed by atoms with Gasteiger partial charge in [0, 0.05) is 17.3 Å². The Hall–Kier alpha value is -2.37. The maximum Gasteiger partial charge on any atom is 0.316 e. The lowest BCUT2D eigenvalue weighted by Gasteiger charge is -2.04. The molecule has 6 heteroatoms. The van der Waals surface area contributed by atoms with Crippen molar-refractivity contribution in [1.29, 1.82) is 0 Å². The number of imide groups is 1. The highest BCUT2D eigenvalue weighted by atomic mass is 16.2. The molecule has 1 aliphatic rings. The molecule has 0 bridgehead atoms. The van der Waals surface area contributed by atoms with Crippen LogP contribution >= 0.6 is 0 Å². The molecule has 6 nitrogen and oxygen atoms in total. The van der Waals surface area contributed by atoms with Gasteiger partial charge in [-0.2, -0.15) is 0 Å². The summed E-state index contributed by atoms with van der Waals surface area (Å²) in [5.74, 6) is -2.34. The second kappa shape index (κ2) is 4.87. The molecule has 0 aliphatic heterocycles. The number of carbonyl (C=O) groups excluding carboxylic acids is 3. The van der Waals surface area contributed by atoms with Crippen LogP contribution in [0.4, 0.5) is 5.69 Å². The van der Waals surface area contributed by atoms with Gasteiger partial charge in [0.1, 0.15) is 0 Å². The molecule has 0 atom stereocenters. The number of hydrogen-bond donors (Lipinski definition) is 3. The van der Waals surface area contributed by atoms with E-state index < -0.39 is 17.7 Å². The highest BCUT2D eigenvalue weighted by molar-refractivity contribution is 6.38. The second-order valence-electron chi connectivity index (χ2n) is 4.15. The maximum atomic E-state index is 11.6. The molecule has 4 N–H and O–H groups in total. The lowest BCUT2D eigenvalue weighted by atomic mass is 10.2. The minimum absolute atomic E-state index is 0.0786. The number of amides is 3. The largest absolute Gasteiger partial charge is 0.399 e. The maximum absolute atomic E-state index is 11.6. The van der Waals surface area contributed by atoms with E-state index >= 15 is 0 Å². The van der Waals surface area contributed by atoms with Crippen LogP contribution in [0.15, 0.2) is 24.3 Å². The average molecular weight is 247 g/mol. The van der Waals surface area contributed by atoms with Gasteiger partial charge in [0.25, 0.3) is 5.91 Å². The molecule has 1 aromatic rings. The Bertz CT molecular complexity index is 492. The number of hydrogen-bond acceptors (Lipinski definition) is 4. The Kier molecular flexibility index (Phi) is 3.27. The number of carbonyl (C=O) groups is 3. The first-order valence-corrected chi connectivity index (χ1v) is 5.58. The molecule has 0 saturated heterocycles. The van der Waals surface area contributed by atoms with E-state index in [1.165, 1.54) is 12.1 Å². The van der Waals surface area contributed by atoms with Gasteiger partial charge in [-0.05, 0) is 37.1 Å². The molecule has 1 saturated carbocycles. The Morgan fingerprint density at radius 2 is 1.67 bits per heavy atom. The molecule has 0 heterocycles. The molecule has 2 rings (SSSR count). The van der Waals surface area contributed by atoms with E-state index in [0.717, 1.165) is 12.8 Å². The van der Waals surface area contributed by atoms with Gasteiger partial charge >= 0.3 is 11.8 Å². The van der Waals surface area contributed by atoms with E-state index in [4.69, 9.17) is 5.73 Å². The summed E-state index contributed by atoms with van der Waals surface area (Å²) in [4.78, 5) is 34.3. The third-order valence-corrected chi connectivity index (χ3v) is 2.52. The predicted octanol–water partition coefficient (Wildman–Crippen LogP) is -0.196. The number of nitrogens with two attached hydrogens (primary N) is 1. The third kappa shape index (κ3) is 3.07. The van der Waals surface area contributed by atoms with E-state index in [9.17, 15) is 14.4 Å². The van der Waals surface area contributed by atoms with Crippen LogP contribution in [0.1, 0.15) is 23.2 Å². The van der Waals surface area contributed by atoms with E-state index in [0.29, 0.717) is 5.69 Å². The van der Waals surface area contributed by atoms with Crippen LogP contribution in [-0.2, 0) is 9.59 Å². The van der Waals surface area contributed by atoms with Crippen LogP contribution < -0.4 is 16.4 Å². The fraction of sp³-hybridized carbons (Fsp3) is 0.250. The number of nitrogen functional groups attached to an aromatic ring is 1. The number of anilines is 1. The summed E-state index contributed by atoms with van der Waals surface area (Å²) in [6.45, 7) is 0. The summed E-state index contributed by atoms with van der Waals surface area (Å²) >= 11 is 0. The Labute approximate surface area is 104 Å². The number of nitrogens with one attached hydrogen (secondary N) is 2. The minimum atomic E-state index is -0.941. The summed E-state index contributed by atoms with van der Waals surface area (Å²) in [5, 5.41) is 4.51. The molecule has 18 heavy (non-hydrogen) atoms. The normalized spacial score (nSPS) is 13.8. The van der Waals surface area contributed by atoms with Crippen molar-refractivity contribution in [3.05, 3.63) is 29.8 Å². The Morgan fingerprint density at radius 3 is 2.22 bits per heavy atom. The average Bonchev–Trinajstić information content (AvgIpc) is 3.13. The summed E-state index contributed by atoms with van der Waals surface area (Å²) in [6.07, 6.45) is 1.76. The van der Waals surface area contributed by atoms with Crippen molar-refractivity contribution in [2.24, 2.45) is 0 Å². The molecule has 3 amide bonds. The Morgan fingerprint density at radius 1 is 1.06 bits per heavy atom. The van der Waals surface area contributed by atoms with Crippen molar-refractivity contribution >= 4 is 23.4 Å². The van der Waals surface area contributed by atoms with Gasteiger partial charge in [0.05, 0.1) is 0 Å². The SMILES string of the molecule is Nc1ccc(C(=O)NC(=O)C(=O)NC2CC2)cc1. The van der Waals surface area contributed by atoms with Gasteiger partial charge in [-0.15, -0.1) is 0 Å². The van der Waals surface area contributed by atoms with Crippen molar-refractivity contribution in [2.75, 3.05) is 5.73 Å². The molecule has 1 aromatic carbocycles. The minimum Gasteiger partial charge on any atom is -0.399 e. The summed E-state index contributed by atoms with van der Waals surface area (Å²) in [7, 11) is 0. The topological polar surface area (TPSA) is 101 Å². The van der Waals surface area contributed by atoms with Crippen molar-refractivity contribution in [2.45, 2.75) is 18.9 Å². The van der Waals surface area contributed by atoms with Crippen LogP contribution in [-0.4, -0.2) is 23.8 Å². The van der Waals surface area contributed by atoms with Gasteiger partial charge in [-0.1, -0.05) is 0 Å². The first-order chi connectivity index (χ1) is 8.56. The lowest BCUT2D eigenvalue weighted by molar-refractivity contribution is -0.138. The molecule has 1 fully saturated rings. The molecule has 94 valence electrons. The molecule has 0 aromatic heterocycles. The first-order valence-electron chi connectivity index (χ1n) is 5.58. The van der Waals surface area contributed by atoms with E-state index in [2.05, 4.69) is 5.32 Å². The lowest BCUT2D eigenvalue weighted by Crippen LogP contribution is -2.43. The standard InChI is InChI=1S/C12H13N3O3/c13-8-3-1-7(2-4-8)10(16)15-12(18)11(17)14-9-5-6-9/h1-4,9H,5-6,13H2,(H,14,17)(H,15,16,18). The second-order valence-corrected chi connectivity index (χ2v) is 4.15. The van der Waals surface area contributed by atoms with Gasteiger partial charge < -0.3 is 11.1 Å². The fourth-order valence-corrected chi connectivity index (χ4v) is 1.35. The van der Waals surface area contributed by atoms with Crippen LogP contribution in [0.25, 0.3) is 0 Å². The van der Waals surface area contributed by atoms with Gasteiger partial charge in [-0.25, -0.2) is 0 Å². The highest BCUT2D eigenvalue weighted by Gasteiger charge is 2.27. The number of benzene rings is 1. The van der Waals surface area contributed by atoms with Crippen molar-refractivity contribution in [3.63, 3.8) is 0 Å². The zero-order valence-electron chi connectivity index (χ0n) is 9.60. The Balaban J connectivity index is 1.91. The van der Waals surface area contributed by atoms with Gasteiger partial charge in [0.15, 0.2) is 0 Å². The van der Waals surface area contributed by atoms with Crippen LogP contribution in [0, 0.1) is 0 Å². The molecule has 0 spiro atoms.